The highest BCUT2D eigenvalue weighted by molar-refractivity contribution is 5.93. The minimum atomic E-state index is -0.204. The topological polar surface area (TPSA) is 105 Å². The highest BCUT2D eigenvalue weighted by Crippen LogP contribution is 2.24. The van der Waals surface area contributed by atoms with Crippen LogP contribution < -0.4 is 15.5 Å². The van der Waals surface area contributed by atoms with Gasteiger partial charge in [0.25, 0.3) is 0 Å². The van der Waals surface area contributed by atoms with Crippen LogP contribution in [0.4, 0.5) is 17.5 Å². The lowest BCUT2D eigenvalue weighted by Crippen LogP contribution is -2.43. The molecule has 2 aromatic heterocycles. The molecule has 0 radical (unpaired) electrons. The zero-order chi connectivity index (χ0) is 20.1. The summed E-state index contributed by atoms with van der Waals surface area (Å²) in [5.41, 5.74) is 0. The Hall–Kier alpha value is -2.68. The van der Waals surface area contributed by atoms with Crippen molar-refractivity contribution < 1.29 is 14.1 Å². The van der Waals surface area contributed by atoms with Crippen molar-refractivity contribution in [3.8, 4) is 0 Å². The molecule has 152 valence electrons. The van der Waals surface area contributed by atoms with Gasteiger partial charge in [0, 0.05) is 25.8 Å². The van der Waals surface area contributed by atoms with Gasteiger partial charge in [0.15, 0.2) is 5.82 Å². The van der Waals surface area contributed by atoms with Crippen LogP contribution >= 0.6 is 0 Å². The first kappa shape index (κ1) is 20.1. The van der Waals surface area contributed by atoms with Crippen LogP contribution in [-0.4, -0.2) is 53.4 Å². The molecule has 2 atom stereocenters. The van der Waals surface area contributed by atoms with Crippen molar-refractivity contribution in [2.24, 2.45) is 5.92 Å². The van der Waals surface area contributed by atoms with Gasteiger partial charge in [0.05, 0.1) is 18.7 Å². The monoisotopic (exact) mass is 388 g/mol. The molecule has 1 saturated heterocycles. The van der Waals surface area contributed by atoms with Crippen molar-refractivity contribution in [2.45, 2.75) is 45.8 Å². The summed E-state index contributed by atoms with van der Waals surface area (Å²) in [4.78, 5) is 22.6. The van der Waals surface area contributed by atoms with Crippen LogP contribution in [-0.2, 0) is 9.53 Å². The van der Waals surface area contributed by atoms with Crippen molar-refractivity contribution in [1.29, 1.82) is 0 Å². The fourth-order valence-corrected chi connectivity index (χ4v) is 3.34. The molecule has 0 saturated carbocycles. The maximum atomic E-state index is 12.2. The Balaban J connectivity index is 1.60. The molecule has 3 rings (SSSR count). The van der Waals surface area contributed by atoms with Gasteiger partial charge in [0.1, 0.15) is 23.7 Å². The minimum Gasteiger partial charge on any atom is -0.376 e. The molecule has 1 amide bonds. The van der Waals surface area contributed by atoms with Crippen LogP contribution in [0.25, 0.3) is 0 Å². The van der Waals surface area contributed by atoms with Gasteiger partial charge in [-0.2, -0.15) is 0 Å². The Kier molecular flexibility index (Phi) is 6.45. The minimum absolute atomic E-state index is 0.128. The lowest BCUT2D eigenvalue weighted by molar-refractivity contribution is -0.115. The summed E-state index contributed by atoms with van der Waals surface area (Å²) in [5, 5.41) is 9.94. The highest BCUT2D eigenvalue weighted by Gasteiger charge is 2.28. The van der Waals surface area contributed by atoms with E-state index in [0.717, 1.165) is 25.3 Å². The molecule has 0 bridgehead atoms. The second-order valence-electron chi connectivity index (χ2n) is 7.46. The van der Waals surface area contributed by atoms with Crippen LogP contribution in [0, 0.1) is 12.8 Å². The summed E-state index contributed by atoms with van der Waals surface area (Å²) in [5.74, 6) is 2.64. The zero-order valence-corrected chi connectivity index (χ0v) is 16.8. The van der Waals surface area contributed by atoms with E-state index >= 15 is 0 Å². The summed E-state index contributed by atoms with van der Waals surface area (Å²) in [6.45, 7) is 7.03. The number of rotatable bonds is 7. The second kappa shape index (κ2) is 9.01. The molecule has 2 aromatic rings. The summed E-state index contributed by atoms with van der Waals surface area (Å²) in [6.07, 6.45) is 3.72. The van der Waals surface area contributed by atoms with E-state index in [1.54, 1.807) is 24.9 Å². The average molecular weight is 388 g/mol. The van der Waals surface area contributed by atoms with E-state index < -0.39 is 0 Å². The van der Waals surface area contributed by atoms with Gasteiger partial charge < -0.3 is 24.8 Å². The lowest BCUT2D eigenvalue weighted by Gasteiger charge is -2.35. The number of nitrogens with one attached hydrogen (secondary N) is 2. The number of aromatic nitrogens is 3. The van der Waals surface area contributed by atoms with Crippen LogP contribution in [0.2, 0.25) is 0 Å². The highest BCUT2D eigenvalue weighted by atomic mass is 16.5. The number of carbonyl (C=O) groups is 1. The molecule has 0 spiro atoms. The third-order valence-corrected chi connectivity index (χ3v) is 4.68. The number of amides is 1. The van der Waals surface area contributed by atoms with Gasteiger partial charge in [-0.3, -0.25) is 4.79 Å². The summed E-state index contributed by atoms with van der Waals surface area (Å²) in [6, 6.07) is 3.72. The standard InChI is InChI=1S/C19H28N6O3/c1-12(2)19-14(6-5-7-27-19)22-15-9-17(21-11-20-15)25(4)10-18(26)23-16-8-13(3)28-24-16/h8-9,11-12,14,19H,5-7,10H2,1-4H3,(H,20,21,22)(H,23,24,26)/t14-,19-/m0/s1. The van der Waals surface area contributed by atoms with Crippen LogP contribution in [0.15, 0.2) is 23.0 Å². The van der Waals surface area contributed by atoms with E-state index in [0.29, 0.717) is 23.3 Å². The van der Waals surface area contributed by atoms with Crippen LogP contribution in [0.5, 0.6) is 0 Å². The van der Waals surface area contributed by atoms with Gasteiger partial charge in [-0.05, 0) is 25.7 Å². The predicted octanol–water partition coefficient (Wildman–Crippen LogP) is 2.46. The molecule has 2 N–H and O–H groups in total. The number of hydrogen-bond donors (Lipinski definition) is 2. The smallest absolute Gasteiger partial charge is 0.245 e. The average Bonchev–Trinajstić information content (AvgIpc) is 3.06. The Morgan fingerprint density at radius 3 is 2.86 bits per heavy atom. The van der Waals surface area contributed by atoms with Crippen molar-refractivity contribution in [2.75, 3.05) is 35.7 Å². The Labute approximate surface area is 164 Å². The maximum absolute atomic E-state index is 12.2. The number of carbonyl (C=O) groups excluding carboxylic acids is 1. The van der Waals surface area contributed by atoms with E-state index in [9.17, 15) is 4.79 Å². The van der Waals surface area contributed by atoms with Crippen LogP contribution in [0.1, 0.15) is 32.4 Å². The number of aryl methyl sites for hydroxylation is 1. The zero-order valence-electron chi connectivity index (χ0n) is 16.8. The molecule has 9 heteroatoms. The van der Waals surface area contributed by atoms with Gasteiger partial charge in [-0.1, -0.05) is 19.0 Å². The fourth-order valence-electron chi connectivity index (χ4n) is 3.34. The Morgan fingerprint density at radius 1 is 1.32 bits per heavy atom. The van der Waals surface area contributed by atoms with Gasteiger partial charge in [-0.25, -0.2) is 9.97 Å². The Bertz CT molecular complexity index is 793. The summed E-state index contributed by atoms with van der Waals surface area (Å²) >= 11 is 0. The second-order valence-corrected chi connectivity index (χ2v) is 7.46. The third-order valence-electron chi connectivity index (χ3n) is 4.68. The van der Waals surface area contributed by atoms with Gasteiger partial charge >= 0.3 is 0 Å². The van der Waals surface area contributed by atoms with E-state index in [-0.39, 0.29) is 24.6 Å². The predicted molar refractivity (Wildman–Crippen MR) is 106 cm³/mol. The van der Waals surface area contributed by atoms with Crippen molar-refractivity contribution in [3.63, 3.8) is 0 Å². The quantitative estimate of drug-likeness (QED) is 0.745. The summed E-state index contributed by atoms with van der Waals surface area (Å²) in [7, 11) is 1.81. The first-order valence-electron chi connectivity index (χ1n) is 9.57. The largest absolute Gasteiger partial charge is 0.376 e. The Morgan fingerprint density at radius 2 is 2.14 bits per heavy atom. The van der Waals surface area contributed by atoms with E-state index in [2.05, 4.69) is 39.6 Å². The van der Waals surface area contributed by atoms with Crippen molar-refractivity contribution >= 4 is 23.4 Å². The van der Waals surface area contributed by atoms with E-state index in [4.69, 9.17) is 9.26 Å². The fraction of sp³-hybridized carbons (Fsp3) is 0.579. The summed E-state index contributed by atoms with van der Waals surface area (Å²) < 4.78 is 10.9. The molecule has 0 aliphatic carbocycles. The third kappa shape index (κ3) is 5.19. The molecule has 1 aliphatic rings. The molecule has 0 unspecified atom stereocenters. The van der Waals surface area contributed by atoms with Crippen molar-refractivity contribution in [1.82, 2.24) is 15.1 Å². The first-order valence-corrected chi connectivity index (χ1v) is 9.57. The number of likely N-dealkylation sites (N-methyl/N-ethyl adjacent to an activating group) is 1. The number of ether oxygens (including phenoxy) is 1. The molecule has 3 heterocycles. The van der Waals surface area contributed by atoms with E-state index in [1.807, 2.05) is 6.07 Å². The maximum Gasteiger partial charge on any atom is 0.245 e. The number of nitrogens with zero attached hydrogens (tertiary/aromatic N) is 4. The molecular weight excluding hydrogens is 360 g/mol. The van der Waals surface area contributed by atoms with Crippen molar-refractivity contribution in [3.05, 3.63) is 24.2 Å². The molecule has 9 nitrogen and oxygen atoms in total. The molecule has 1 aliphatic heterocycles. The molecule has 0 aromatic carbocycles. The SMILES string of the molecule is Cc1cc(NC(=O)CN(C)c2cc(N[C@H]3CCCO[C@H]3C(C)C)ncn2)no1. The first-order chi connectivity index (χ1) is 13.4. The van der Waals surface area contributed by atoms with Crippen LogP contribution in [0.3, 0.4) is 0 Å². The molecular formula is C19H28N6O3. The molecule has 28 heavy (non-hydrogen) atoms. The van der Waals surface area contributed by atoms with Gasteiger partial charge in [-0.15, -0.1) is 0 Å². The number of hydrogen-bond acceptors (Lipinski definition) is 8. The number of anilines is 3. The lowest BCUT2D eigenvalue weighted by atomic mass is 9.94. The molecule has 1 fully saturated rings. The van der Waals surface area contributed by atoms with E-state index in [1.165, 1.54) is 6.33 Å². The normalized spacial score (nSPS) is 19.5. The van der Waals surface area contributed by atoms with Gasteiger partial charge in [0.2, 0.25) is 5.91 Å².